The van der Waals surface area contributed by atoms with E-state index in [1.54, 1.807) is 34.9 Å². The highest BCUT2D eigenvalue weighted by molar-refractivity contribution is 7.99. The Bertz CT molecular complexity index is 1100. The number of aromatic nitrogens is 2. The van der Waals surface area contributed by atoms with Gasteiger partial charge < -0.3 is 10.1 Å². The van der Waals surface area contributed by atoms with E-state index in [9.17, 15) is 9.59 Å². The minimum absolute atomic E-state index is 0.0685. The standard InChI is InChI=1S/C21H21Cl2N3O3S/c1-2-29-12-6-11-26-20(28)14-7-3-4-9-16(14)25-21(26)30-13-18(27)24-17-10-5-8-15(22)19(17)23/h3-5,7-10H,2,6,11-13H2,1H3,(H,24,27). The summed E-state index contributed by atoms with van der Waals surface area (Å²) in [6, 6.07) is 12.2. The summed E-state index contributed by atoms with van der Waals surface area (Å²) in [6.07, 6.45) is 0.672. The highest BCUT2D eigenvalue weighted by Crippen LogP contribution is 2.29. The van der Waals surface area contributed by atoms with E-state index in [1.807, 2.05) is 19.1 Å². The summed E-state index contributed by atoms with van der Waals surface area (Å²) >= 11 is 13.3. The van der Waals surface area contributed by atoms with Crippen LogP contribution in [0.25, 0.3) is 10.9 Å². The van der Waals surface area contributed by atoms with Crippen LogP contribution in [0.4, 0.5) is 5.69 Å². The van der Waals surface area contributed by atoms with E-state index in [4.69, 9.17) is 27.9 Å². The van der Waals surface area contributed by atoms with E-state index in [0.717, 1.165) is 0 Å². The van der Waals surface area contributed by atoms with Crippen LogP contribution >= 0.6 is 35.0 Å². The monoisotopic (exact) mass is 465 g/mol. The number of hydrogen-bond donors (Lipinski definition) is 1. The molecule has 1 aromatic heterocycles. The van der Waals surface area contributed by atoms with Crippen LogP contribution in [0.1, 0.15) is 13.3 Å². The number of carbonyl (C=O) groups is 1. The lowest BCUT2D eigenvalue weighted by atomic mass is 10.2. The Morgan fingerprint density at radius 1 is 1.20 bits per heavy atom. The van der Waals surface area contributed by atoms with Gasteiger partial charge in [-0.1, -0.05) is 53.2 Å². The smallest absolute Gasteiger partial charge is 0.262 e. The lowest BCUT2D eigenvalue weighted by Gasteiger charge is -2.13. The van der Waals surface area contributed by atoms with Gasteiger partial charge in [-0.05, 0) is 37.6 Å². The van der Waals surface area contributed by atoms with Gasteiger partial charge in [-0.3, -0.25) is 14.2 Å². The van der Waals surface area contributed by atoms with Gasteiger partial charge in [0, 0.05) is 19.8 Å². The van der Waals surface area contributed by atoms with Crippen LogP contribution in [0, 0.1) is 0 Å². The first kappa shape index (κ1) is 22.6. The first-order valence-corrected chi connectivity index (χ1v) is 11.2. The fraction of sp³-hybridized carbons (Fsp3) is 0.286. The van der Waals surface area contributed by atoms with Crippen molar-refractivity contribution in [3.63, 3.8) is 0 Å². The number of nitrogens with one attached hydrogen (secondary N) is 1. The number of amides is 1. The molecule has 30 heavy (non-hydrogen) atoms. The number of carbonyl (C=O) groups excluding carboxylic acids is 1. The lowest BCUT2D eigenvalue weighted by molar-refractivity contribution is -0.113. The molecule has 0 aliphatic rings. The predicted octanol–water partition coefficient (Wildman–Crippen LogP) is 4.86. The fourth-order valence-corrected chi connectivity index (χ4v) is 4.01. The van der Waals surface area contributed by atoms with Crippen molar-refractivity contribution in [1.82, 2.24) is 9.55 Å². The third kappa shape index (κ3) is 5.55. The summed E-state index contributed by atoms with van der Waals surface area (Å²) in [5.74, 6) is -0.202. The van der Waals surface area contributed by atoms with E-state index < -0.39 is 0 Å². The number of nitrogens with zero attached hydrogens (tertiary/aromatic N) is 2. The first-order chi connectivity index (χ1) is 14.5. The number of benzene rings is 2. The molecule has 9 heteroatoms. The Kier molecular flexibility index (Phi) is 8.16. The van der Waals surface area contributed by atoms with Crippen LogP contribution in [0.5, 0.6) is 0 Å². The number of hydrogen-bond acceptors (Lipinski definition) is 5. The van der Waals surface area contributed by atoms with Crippen molar-refractivity contribution in [1.29, 1.82) is 0 Å². The molecule has 1 N–H and O–H groups in total. The number of thioether (sulfide) groups is 1. The highest BCUT2D eigenvalue weighted by atomic mass is 35.5. The summed E-state index contributed by atoms with van der Waals surface area (Å²) in [5, 5.41) is 4.43. The van der Waals surface area contributed by atoms with Crippen molar-refractivity contribution in [3.05, 3.63) is 62.9 Å². The summed E-state index contributed by atoms with van der Waals surface area (Å²) in [7, 11) is 0. The van der Waals surface area contributed by atoms with Gasteiger partial charge >= 0.3 is 0 Å². The van der Waals surface area contributed by atoms with Crippen molar-refractivity contribution in [3.8, 4) is 0 Å². The number of ether oxygens (including phenoxy) is 1. The highest BCUT2D eigenvalue weighted by Gasteiger charge is 2.14. The van der Waals surface area contributed by atoms with Gasteiger partial charge in [-0.15, -0.1) is 0 Å². The molecule has 0 unspecified atom stereocenters. The number of anilines is 1. The van der Waals surface area contributed by atoms with Gasteiger partial charge in [-0.25, -0.2) is 4.98 Å². The molecular formula is C21H21Cl2N3O3S. The maximum atomic E-state index is 13.0. The molecule has 1 heterocycles. The van der Waals surface area contributed by atoms with Crippen molar-refractivity contribution in [2.24, 2.45) is 0 Å². The van der Waals surface area contributed by atoms with Gasteiger partial charge in [0.25, 0.3) is 5.56 Å². The number of rotatable bonds is 9. The van der Waals surface area contributed by atoms with Crippen LogP contribution < -0.4 is 10.9 Å². The van der Waals surface area contributed by atoms with Crippen LogP contribution in [-0.4, -0.2) is 34.4 Å². The molecule has 0 radical (unpaired) electrons. The second-order valence-electron chi connectivity index (χ2n) is 6.36. The van der Waals surface area contributed by atoms with Crippen molar-refractivity contribution in [2.75, 3.05) is 24.3 Å². The molecule has 0 spiro atoms. The molecule has 3 aromatic rings. The number of halogens is 2. The normalized spacial score (nSPS) is 11.0. The van der Waals surface area contributed by atoms with Crippen LogP contribution in [0.2, 0.25) is 10.0 Å². The number of fused-ring (bicyclic) bond motifs is 1. The molecule has 1 amide bonds. The third-order valence-electron chi connectivity index (χ3n) is 4.26. The molecule has 0 atom stereocenters. The molecule has 6 nitrogen and oxygen atoms in total. The Morgan fingerprint density at radius 3 is 2.80 bits per heavy atom. The zero-order valence-electron chi connectivity index (χ0n) is 16.4. The zero-order valence-corrected chi connectivity index (χ0v) is 18.7. The molecule has 0 aliphatic heterocycles. The Morgan fingerprint density at radius 2 is 2.00 bits per heavy atom. The largest absolute Gasteiger partial charge is 0.382 e. The van der Waals surface area contributed by atoms with Gasteiger partial charge in [-0.2, -0.15) is 0 Å². The molecule has 2 aromatic carbocycles. The molecule has 0 bridgehead atoms. The SMILES string of the molecule is CCOCCCn1c(SCC(=O)Nc2cccc(Cl)c2Cl)nc2ccccc2c1=O. The average molecular weight is 466 g/mol. The molecule has 0 fully saturated rings. The molecular weight excluding hydrogens is 445 g/mol. The third-order valence-corrected chi connectivity index (χ3v) is 6.05. The topological polar surface area (TPSA) is 73.2 Å². The van der Waals surface area contributed by atoms with E-state index in [2.05, 4.69) is 10.3 Å². The second-order valence-corrected chi connectivity index (χ2v) is 8.08. The Labute approximate surface area is 188 Å². The van der Waals surface area contributed by atoms with Crippen molar-refractivity contribution < 1.29 is 9.53 Å². The predicted molar refractivity (Wildman–Crippen MR) is 123 cm³/mol. The van der Waals surface area contributed by atoms with Gasteiger partial charge in [0.2, 0.25) is 5.91 Å². The van der Waals surface area contributed by atoms with Crippen molar-refractivity contribution in [2.45, 2.75) is 25.0 Å². The van der Waals surface area contributed by atoms with E-state index in [0.29, 0.717) is 52.9 Å². The quantitative estimate of drug-likeness (QED) is 0.277. The van der Waals surface area contributed by atoms with Gasteiger partial charge in [0.05, 0.1) is 32.4 Å². The zero-order chi connectivity index (χ0) is 21.5. The van der Waals surface area contributed by atoms with Crippen LogP contribution in [-0.2, 0) is 16.1 Å². The van der Waals surface area contributed by atoms with Crippen LogP contribution in [0.3, 0.4) is 0 Å². The van der Waals surface area contributed by atoms with Gasteiger partial charge in [0.1, 0.15) is 0 Å². The summed E-state index contributed by atoms with van der Waals surface area (Å²) in [4.78, 5) is 30.0. The summed E-state index contributed by atoms with van der Waals surface area (Å²) < 4.78 is 6.98. The minimum atomic E-state index is -0.271. The van der Waals surface area contributed by atoms with E-state index in [-0.39, 0.29) is 22.2 Å². The molecule has 3 rings (SSSR count). The summed E-state index contributed by atoms with van der Waals surface area (Å²) in [5.41, 5.74) is 0.914. The average Bonchev–Trinajstić information content (AvgIpc) is 2.74. The molecule has 0 saturated heterocycles. The second kappa shape index (κ2) is 10.8. The maximum absolute atomic E-state index is 13.0. The minimum Gasteiger partial charge on any atom is -0.382 e. The van der Waals surface area contributed by atoms with Crippen LogP contribution in [0.15, 0.2) is 52.4 Å². The molecule has 0 saturated carbocycles. The Hall–Kier alpha value is -2.06. The Balaban J connectivity index is 1.78. The molecule has 0 aliphatic carbocycles. The maximum Gasteiger partial charge on any atom is 0.262 e. The van der Waals surface area contributed by atoms with Crippen molar-refractivity contribution >= 4 is 57.5 Å². The lowest BCUT2D eigenvalue weighted by Crippen LogP contribution is -2.25. The molecule has 158 valence electrons. The summed E-state index contributed by atoms with van der Waals surface area (Å²) in [6.45, 7) is 3.56. The fourth-order valence-electron chi connectivity index (χ4n) is 2.84. The van der Waals surface area contributed by atoms with E-state index in [1.165, 1.54) is 11.8 Å². The first-order valence-electron chi connectivity index (χ1n) is 9.45. The van der Waals surface area contributed by atoms with Gasteiger partial charge in [0.15, 0.2) is 5.16 Å². The van der Waals surface area contributed by atoms with E-state index >= 15 is 0 Å². The number of para-hydroxylation sites is 1.